The van der Waals surface area contributed by atoms with Crippen LogP contribution in [0.25, 0.3) is 0 Å². The van der Waals surface area contributed by atoms with Gasteiger partial charge in [0.15, 0.2) is 0 Å². The number of rotatable bonds is 6. The summed E-state index contributed by atoms with van der Waals surface area (Å²) < 4.78 is 6.11. The van der Waals surface area contributed by atoms with E-state index in [4.69, 9.17) is 4.74 Å². The van der Waals surface area contributed by atoms with Crippen LogP contribution in [0.2, 0.25) is 0 Å². The first-order valence-electron chi connectivity index (χ1n) is 9.51. The van der Waals surface area contributed by atoms with E-state index in [-0.39, 0.29) is 17.5 Å². The second-order valence-electron chi connectivity index (χ2n) is 8.48. The van der Waals surface area contributed by atoms with Crippen LogP contribution in [0, 0.1) is 11.8 Å². The van der Waals surface area contributed by atoms with Gasteiger partial charge in [0.25, 0.3) is 0 Å². The molecule has 2 fully saturated rings. The summed E-state index contributed by atoms with van der Waals surface area (Å²) in [6, 6.07) is 10.6. The molecular formula is C22H31NO2. The van der Waals surface area contributed by atoms with E-state index in [0.717, 1.165) is 12.8 Å². The molecule has 3 nitrogen and oxygen atoms in total. The number of nitrogens with one attached hydrogen (secondary N) is 1. The molecule has 1 saturated heterocycles. The summed E-state index contributed by atoms with van der Waals surface area (Å²) in [5.74, 6) is 0.845. The minimum Gasteiger partial charge on any atom is -0.461 e. The molecule has 136 valence electrons. The highest BCUT2D eigenvalue weighted by Gasteiger charge is 2.52. The average molecular weight is 341 g/mol. The Balaban J connectivity index is 1.79. The van der Waals surface area contributed by atoms with Gasteiger partial charge < -0.3 is 4.74 Å². The Morgan fingerprint density at radius 2 is 2.04 bits per heavy atom. The zero-order valence-corrected chi connectivity index (χ0v) is 15.8. The maximum absolute atomic E-state index is 12.8. The van der Waals surface area contributed by atoms with Crippen LogP contribution in [0.3, 0.4) is 0 Å². The van der Waals surface area contributed by atoms with Crippen molar-refractivity contribution in [1.29, 1.82) is 0 Å². The number of carbonyl (C=O) groups excluding carboxylic acids is 1. The van der Waals surface area contributed by atoms with Gasteiger partial charge in [0.1, 0.15) is 11.6 Å². The minimum atomic E-state index is -0.510. The lowest BCUT2D eigenvalue weighted by Crippen LogP contribution is -2.45. The van der Waals surface area contributed by atoms with Gasteiger partial charge in [-0.1, -0.05) is 63.6 Å². The number of ether oxygens (including phenoxy) is 1. The van der Waals surface area contributed by atoms with Gasteiger partial charge in [0.05, 0.1) is 0 Å². The van der Waals surface area contributed by atoms with Crippen molar-refractivity contribution in [3.8, 4) is 0 Å². The summed E-state index contributed by atoms with van der Waals surface area (Å²) in [5.41, 5.74) is 0.791. The van der Waals surface area contributed by atoms with Gasteiger partial charge in [0.2, 0.25) is 0 Å². The van der Waals surface area contributed by atoms with Crippen LogP contribution >= 0.6 is 0 Å². The third-order valence-corrected chi connectivity index (χ3v) is 6.24. The fraction of sp³-hybridized carbons (Fsp3) is 0.591. The summed E-state index contributed by atoms with van der Waals surface area (Å²) in [6.07, 6.45) is 5.68. The van der Waals surface area contributed by atoms with Crippen LogP contribution in [0.15, 0.2) is 43.0 Å². The third-order valence-electron chi connectivity index (χ3n) is 6.24. The molecule has 3 rings (SSSR count). The second kappa shape index (κ2) is 6.95. The predicted molar refractivity (Wildman–Crippen MR) is 101 cm³/mol. The Labute approximate surface area is 151 Å². The maximum Gasteiger partial charge on any atom is 0.328 e. The highest BCUT2D eigenvalue weighted by Crippen LogP contribution is 2.44. The van der Waals surface area contributed by atoms with E-state index in [1.807, 2.05) is 0 Å². The Hall–Kier alpha value is -1.61. The van der Waals surface area contributed by atoms with E-state index in [0.29, 0.717) is 24.8 Å². The van der Waals surface area contributed by atoms with Crippen molar-refractivity contribution in [2.75, 3.05) is 6.54 Å². The average Bonchev–Trinajstić information content (AvgIpc) is 3.37. The largest absolute Gasteiger partial charge is 0.461 e. The van der Waals surface area contributed by atoms with Crippen LogP contribution in [0.4, 0.5) is 0 Å². The summed E-state index contributed by atoms with van der Waals surface area (Å²) in [4.78, 5) is 12.8. The number of carbonyl (C=O) groups is 1. The molecule has 1 aromatic carbocycles. The number of hydrogen-bond donors (Lipinski definition) is 1. The first kappa shape index (κ1) is 18.2. The Morgan fingerprint density at radius 1 is 1.36 bits per heavy atom. The van der Waals surface area contributed by atoms with Crippen molar-refractivity contribution >= 4 is 5.97 Å². The smallest absolute Gasteiger partial charge is 0.328 e. The van der Waals surface area contributed by atoms with Crippen LogP contribution in [-0.2, 0) is 14.9 Å². The molecule has 4 atom stereocenters. The summed E-state index contributed by atoms with van der Waals surface area (Å²) >= 11 is 0. The maximum atomic E-state index is 12.8. The van der Waals surface area contributed by atoms with Crippen molar-refractivity contribution in [1.82, 2.24) is 5.32 Å². The molecule has 0 spiro atoms. The van der Waals surface area contributed by atoms with E-state index < -0.39 is 5.54 Å². The highest BCUT2D eigenvalue weighted by molar-refractivity contribution is 5.85. The van der Waals surface area contributed by atoms with Gasteiger partial charge in [-0.25, -0.2) is 4.79 Å². The van der Waals surface area contributed by atoms with E-state index >= 15 is 0 Å². The highest BCUT2D eigenvalue weighted by atomic mass is 16.5. The number of benzene rings is 1. The number of hydrogen-bond acceptors (Lipinski definition) is 3. The summed E-state index contributed by atoms with van der Waals surface area (Å²) in [5, 5.41) is 3.19. The Morgan fingerprint density at radius 3 is 2.64 bits per heavy atom. The SMILES string of the molecule is C=CC[C@]1(C(=O)O[C@@H]2C[C@H](C)CC[C@H]2C(C)(C)c2ccccc2)CN1. The fourth-order valence-electron chi connectivity index (χ4n) is 4.34. The van der Waals surface area contributed by atoms with Gasteiger partial charge in [0, 0.05) is 12.5 Å². The topological polar surface area (TPSA) is 48.2 Å². The van der Waals surface area contributed by atoms with Gasteiger partial charge in [-0.15, -0.1) is 6.58 Å². The fourth-order valence-corrected chi connectivity index (χ4v) is 4.34. The minimum absolute atomic E-state index is 0.0180. The first-order chi connectivity index (χ1) is 11.9. The second-order valence-corrected chi connectivity index (χ2v) is 8.48. The lowest BCUT2D eigenvalue weighted by atomic mass is 9.64. The zero-order chi connectivity index (χ0) is 18.1. The molecule has 1 aliphatic carbocycles. The zero-order valence-electron chi connectivity index (χ0n) is 15.8. The molecule has 1 aliphatic heterocycles. The summed E-state index contributed by atoms with van der Waals surface area (Å²) in [7, 11) is 0. The van der Waals surface area contributed by atoms with E-state index in [1.165, 1.54) is 12.0 Å². The van der Waals surface area contributed by atoms with Crippen molar-refractivity contribution in [2.45, 2.75) is 63.5 Å². The van der Waals surface area contributed by atoms with Gasteiger partial charge >= 0.3 is 5.97 Å². The summed E-state index contributed by atoms with van der Waals surface area (Å²) in [6.45, 7) is 11.3. The molecule has 0 aromatic heterocycles. The molecule has 0 unspecified atom stereocenters. The van der Waals surface area contributed by atoms with Crippen LogP contribution in [-0.4, -0.2) is 24.2 Å². The monoisotopic (exact) mass is 341 g/mol. The van der Waals surface area contributed by atoms with Crippen molar-refractivity contribution in [3.05, 3.63) is 48.6 Å². The Kier molecular flexibility index (Phi) is 5.06. The molecule has 3 heteroatoms. The molecule has 0 radical (unpaired) electrons. The quantitative estimate of drug-likeness (QED) is 0.478. The Bertz CT molecular complexity index is 618. The lowest BCUT2D eigenvalue weighted by molar-refractivity contribution is -0.159. The van der Waals surface area contributed by atoms with E-state index in [2.05, 4.69) is 63.0 Å². The predicted octanol–water partition coefficient (Wildman–Crippen LogP) is 4.23. The molecule has 1 aromatic rings. The van der Waals surface area contributed by atoms with Crippen LogP contribution in [0.5, 0.6) is 0 Å². The van der Waals surface area contributed by atoms with Crippen molar-refractivity contribution in [3.63, 3.8) is 0 Å². The van der Waals surface area contributed by atoms with Crippen molar-refractivity contribution < 1.29 is 9.53 Å². The van der Waals surface area contributed by atoms with Gasteiger partial charge in [-0.2, -0.15) is 0 Å². The molecule has 2 aliphatic rings. The first-order valence-corrected chi connectivity index (χ1v) is 9.51. The van der Waals surface area contributed by atoms with Gasteiger partial charge in [-0.3, -0.25) is 5.32 Å². The van der Waals surface area contributed by atoms with Crippen molar-refractivity contribution in [2.24, 2.45) is 11.8 Å². The van der Waals surface area contributed by atoms with Crippen LogP contribution in [0.1, 0.15) is 52.0 Å². The molecule has 0 amide bonds. The lowest BCUT2D eigenvalue weighted by Gasteiger charge is -2.44. The molecule has 0 bridgehead atoms. The molecule has 1 N–H and O–H groups in total. The van der Waals surface area contributed by atoms with E-state index in [9.17, 15) is 4.79 Å². The normalized spacial score (nSPS) is 32.0. The third kappa shape index (κ3) is 3.67. The molecule has 1 saturated carbocycles. The van der Waals surface area contributed by atoms with E-state index in [1.54, 1.807) is 6.08 Å². The number of esters is 1. The standard InChI is InChI=1S/C22H31NO2/c1-5-13-22(15-23-22)20(24)25-19-14-16(2)11-12-18(19)21(3,4)17-9-7-6-8-10-17/h5-10,16,18-19,23H,1,11-15H2,2-4H3/t16-,18-,19-,22-/m1/s1. The van der Waals surface area contributed by atoms with Crippen LogP contribution < -0.4 is 5.32 Å². The molecular weight excluding hydrogens is 310 g/mol. The van der Waals surface area contributed by atoms with Gasteiger partial charge in [-0.05, 0) is 36.2 Å². The molecule has 1 heterocycles. The molecule has 25 heavy (non-hydrogen) atoms.